The highest BCUT2D eigenvalue weighted by Gasteiger charge is 2.23. The Morgan fingerprint density at radius 3 is 2.03 bits per heavy atom. The van der Waals surface area contributed by atoms with E-state index in [4.69, 9.17) is 9.47 Å². The van der Waals surface area contributed by atoms with Crippen molar-refractivity contribution in [1.82, 2.24) is 14.7 Å². The molecule has 0 saturated carbocycles. The molecule has 0 bridgehead atoms. The van der Waals surface area contributed by atoms with Crippen molar-refractivity contribution in [2.24, 2.45) is 0 Å². The molecule has 1 aromatic heterocycles. The lowest BCUT2D eigenvalue weighted by Crippen LogP contribution is -2.49. The lowest BCUT2D eigenvalue weighted by molar-refractivity contribution is -0.132. The molecule has 0 N–H and O–H groups in total. The van der Waals surface area contributed by atoms with Gasteiger partial charge in [0.05, 0.1) is 14.2 Å². The molecule has 174 valence electrons. The van der Waals surface area contributed by atoms with E-state index in [9.17, 15) is 4.79 Å². The molecular formula is C25H31N5O3. The fraction of sp³-hybridized carbons (Fsp3) is 0.360. The maximum absolute atomic E-state index is 13.0. The third kappa shape index (κ3) is 5.05. The maximum Gasteiger partial charge on any atom is 0.244 e. The number of benzene rings is 2. The van der Waals surface area contributed by atoms with E-state index in [1.54, 1.807) is 18.9 Å². The second-order valence-corrected chi connectivity index (χ2v) is 8.25. The molecule has 0 aliphatic carbocycles. The highest BCUT2D eigenvalue weighted by atomic mass is 16.5. The van der Waals surface area contributed by atoms with Crippen molar-refractivity contribution in [3.8, 4) is 22.6 Å². The molecule has 1 fully saturated rings. The number of hydrogen-bond donors (Lipinski definition) is 0. The number of amides is 1. The molecule has 8 nitrogen and oxygen atoms in total. The Kier molecular flexibility index (Phi) is 6.72. The topological polar surface area (TPSA) is 63.1 Å². The molecule has 33 heavy (non-hydrogen) atoms. The molecule has 1 saturated heterocycles. The number of carbonyl (C=O) groups is 1. The van der Waals surface area contributed by atoms with Crippen LogP contribution >= 0.6 is 0 Å². The maximum atomic E-state index is 13.0. The van der Waals surface area contributed by atoms with Gasteiger partial charge in [-0.3, -0.25) is 9.48 Å². The van der Waals surface area contributed by atoms with Crippen LogP contribution in [0.5, 0.6) is 11.5 Å². The molecule has 0 radical (unpaired) electrons. The summed E-state index contributed by atoms with van der Waals surface area (Å²) in [4.78, 5) is 19.2. The van der Waals surface area contributed by atoms with Gasteiger partial charge in [0.1, 0.15) is 18.0 Å². The second-order valence-electron chi connectivity index (χ2n) is 8.25. The Hall–Kier alpha value is -3.68. The van der Waals surface area contributed by atoms with Gasteiger partial charge in [0.25, 0.3) is 0 Å². The lowest BCUT2D eigenvalue weighted by atomic mass is 10.1. The van der Waals surface area contributed by atoms with E-state index in [-0.39, 0.29) is 12.5 Å². The van der Waals surface area contributed by atoms with Gasteiger partial charge < -0.3 is 24.2 Å². The highest BCUT2D eigenvalue weighted by Crippen LogP contribution is 2.30. The van der Waals surface area contributed by atoms with Crippen LogP contribution in [0.2, 0.25) is 0 Å². The number of piperazine rings is 1. The monoisotopic (exact) mass is 449 g/mol. The number of rotatable bonds is 7. The molecule has 2 aromatic carbocycles. The van der Waals surface area contributed by atoms with Crippen LogP contribution in [0.15, 0.2) is 54.7 Å². The van der Waals surface area contributed by atoms with Crippen LogP contribution in [-0.4, -0.2) is 75.1 Å². The SMILES string of the molecule is COc1ccc(-c2cn(CC(=O)N3CCN(c4ccc(OC)cc4)CC3)nc2N(C)C)cc1. The zero-order valence-electron chi connectivity index (χ0n) is 19.7. The van der Waals surface area contributed by atoms with E-state index < -0.39 is 0 Å². The van der Waals surface area contributed by atoms with Gasteiger partial charge in [-0.05, 0) is 42.0 Å². The summed E-state index contributed by atoms with van der Waals surface area (Å²) in [7, 11) is 7.24. The first-order valence-electron chi connectivity index (χ1n) is 11.0. The van der Waals surface area contributed by atoms with Crippen molar-refractivity contribution >= 4 is 17.4 Å². The number of methoxy groups -OCH3 is 2. The Morgan fingerprint density at radius 1 is 0.909 bits per heavy atom. The summed E-state index contributed by atoms with van der Waals surface area (Å²) in [6.07, 6.45) is 1.95. The number of anilines is 2. The standard InChI is InChI=1S/C25H31N5O3/c1-27(2)25-23(19-5-9-21(32-3)10-6-19)17-30(26-25)18-24(31)29-15-13-28(14-16-29)20-7-11-22(33-4)12-8-20/h5-12,17H,13-16,18H2,1-4H3. The normalized spacial score (nSPS) is 13.7. The van der Waals surface area contributed by atoms with Gasteiger partial charge in [-0.25, -0.2) is 0 Å². The van der Waals surface area contributed by atoms with Crippen molar-refractivity contribution in [3.05, 3.63) is 54.7 Å². The largest absolute Gasteiger partial charge is 0.497 e. The van der Waals surface area contributed by atoms with E-state index in [0.717, 1.165) is 47.2 Å². The van der Waals surface area contributed by atoms with Crippen molar-refractivity contribution in [3.63, 3.8) is 0 Å². The fourth-order valence-corrected chi connectivity index (χ4v) is 4.04. The van der Waals surface area contributed by atoms with Crippen LogP contribution in [0.4, 0.5) is 11.5 Å². The molecule has 4 rings (SSSR count). The van der Waals surface area contributed by atoms with Crippen molar-refractivity contribution < 1.29 is 14.3 Å². The van der Waals surface area contributed by atoms with E-state index in [1.807, 2.05) is 66.5 Å². The van der Waals surface area contributed by atoms with Crippen molar-refractivity contribution in [2.45, 2.75) is 6.54 Å². The van der Waals surface area contributed by atoms with Gasteiger partial charge in [0.2, 0.25) is 5.91 Å². The molecule has 1 aliphatic rings. The van der Waals surface area contributed by atoms with Gasteiger partial charge in [0, 0.05) is 57.7 Å². The molecule has 0 unspecified atom stereocenters. The third-order valence-corrected chi connectivity index (χ3v) is 5.93. The lowest BCUT2D eigenvalue weighted by Gasteiger charge is -2.36. The molecule has 2 heterocycles. The summed E-state index contributed by atoms with van der Waals surface area (Å²) < 4.78 is 12.2. The summed E-state index contributed by atoms with van der Waals surface area (Å²) in [5, 5.41) is 4.68. The Balaban J connectivity index is 1.41. The van der Waals surface area contributed by atoms with Crippen LogP contribution < -0.4 is 19.3 Å². The number of ether oxygens (including phenoxy) is 2. The number of aromatic nitrogens is 2. The average molecular weight is 450 g/mol. The van der Waals surface area contributed by atoms with Crippen LogP contribution in [0, 0.1) is 0 Å². The first-order chi connectivity index (χ1) is 16.0. The molecular weight excluding hydrogens is 418 g/mol. The van der Waals surface area contributed by atoms with Gasteiger partial charge in [0.15, 0.2) is 5.82 Å². The zero-order chi connectivity index (χ0) is 23.4. The Labute approximate surface area is 194 Å². The Morgan fingerprint density at radius 2 is 1.48 bits per heavy atom. The molecule has 0 atom stereocenters. The minimum atomic E-state index is 0.0819. The second kappa shape index (κ2) is 9.85. The number of carbonyl (C=O) groups excluding carboxylic acids is 1. The van der Waals surface area contributed by atoms with Crippen LogP contribution in [-0.2, 0) is 11.3 Å². The van der Waals surface area contributed by atoms with Gasteiger partial charge in [-0.2, -0.15) is 5.10 Å². The van der Waals surface area contributed by atoms with Crippen LogP contribution in [0.25, 0.3) is 11.1 Å². The first-order valence-corrected chi connectivity index (χ1v) is 11.0. The average Bonchev–Trinajstić information content (AvgIpc) is 3.28. The van der Waals surface area contributed by atoms with Gasteiger partial charge in [-0.1, -0.05) is 12.1 Å². The summed E-state index contributed by atoms with van der Waals surface area (Å²) in [5.41, 5.74) is 3.17. The summed E-state index contributed by atoms with van der Waals surface area (Å²) in [6, 6.07) is 15.9. The molecule has 8 heteroatoms. The molecule has 3 aromatic rings. The zero-order valence-corrected chi connectivity index (χ0v) is 19.7. The van der Waals surface area contributed by atoms with Crippen LogP contribution in [0.3, 0.4) is 0 Å². The Bertz CT molecular complexity index is 1070. The van der Waals surface area contributed by atoms with Crippen molar-refractivity contribution in [2.75, 3.05) is 64.3 Å². The third-order valence-electron chi connectivity index (χ3n) is 5.93. The highest BCUT2D eigenvalue weighted by molar-refractivity contribution is 5.78. The predicted octanol–water partition coefficient (Wildman–Crippen LogP) is 2.98. The van der Waals surface area contributed by atoms with Crippen molar-refractivity contribution in [1.29, 1.82) is 0 Å². The quantitative estimate of drug-likeness (QED) is 0.553. The minimum Gasteiger partial charge on any atom is -0.497 e. The summed E-state index contributed by atoms with van der Waals surface area (Å²) >= 11 is 0. The smallest absolute Gasteiger partial charge is 0.244 e. The fourth-order valence-electron chi connectivity index (χ4n) is 4.04. The first kappa shape index (κ1) is 22.5. The van der Waals surface area contributed by atoms with Gasteiger partial charge >= 0.3 is 0 Å². The molecule has 0 spiro atoms. The number of nitrogens with zero attached hydrogens (tertiary/aromatic N) is 5. The molecule has 1 aliphatic heterocycles. The van der Waals surface area contributed by atoms with Gasteiger partial charge in [-0.15, -0.1) is 0 Å². The molecule has 1 amide bonds. The summed E-state index contributed by atoms with van der Waals surface area (Å²) in [6.45, 7) is 3.21. The van der Waals surface area contributed by atoms with Crippen LogP contribution in [0.1, 0.15) is 0 Å². The van der Waals surface area contributed by atoms with E-state index in [0.29, 0.717) is 13.1 Å². The number of hydrogen-bond acceptors (Lipinski definition) is 6. The minimum absolute atomic E-state index is 0.0819. The summed E-state index contributed by atoms with van der Waals surface area (Å²) in [5.74, 6) is 2.56. The predicted molar refractivity (Wildman–Crippen MR) is 130 cm³/mol. The van der Waals surface area contributed by atoms with E-state index >= 15 is 0 Å². The van der Waals surface area contributed by atoms with E-state index in [1.165, 1.54) is 0 Å². The van der Waals surface area contributed by atoms with E-state index in [2.05, 4.69) is 22.1 Å².